The average molecular weight is 342 g/mol. The fraction of sp³-hybridized carbons (Fsp3) is 0.368. The summed E-state index contributed by atoms with van der Waals surface area (Å²) in [7, 11) is 0. The number of nitrogens with one attached hydrogen (secondary N) is 1. The molecule has 4 rings (SSSR count). The number of para-hydroxylation sites is 1. The van der Waals surface area contributed by atoms with Crippen LogP contribution in [0.15, 0.2) is 42.5 Å². The molecule has 108 valence electrons. The molecule has 0 saturated heterocycles. The number of halogens is 1. The Morgan fingerprint density at radius 3 is 2.67 bits per heavy atom. The lowest BCUT2D eigenvalue weighted by Crippen LogP contribution is -2.10. The highest BCUT2D eigenvalue weighted by atomic mass is 79.9. The lowest BCUT2D eigenvalue weighted by molar-refractivity contribution is 0.414. The predicted molar refractivity (Wildman–Crippen MR) is 94.0 cm³/mol. The van der Waals surface area contributed by atoms with E-state index in [0.29, 0.717) is 4.83 Å². The quantitative estimate of drug-likeness (QED) is 0.534. The van der Waals surface area contributed by atoms with Crippen molar-refractivity contribution >= 4 is 37.7 Å². The number of alkyl halides is 1. The molecule has 1 saturated carbocycles. The van der Waals surface area contributed by atoms with Gasteiger partial charge in [0.25, 0.3) is 0 Å². The van der Waals surface area contributed by atoms with Gasteiger partial charge in [0.05, 0.1) is 0 Å². The Labute approximate surface area is 133 Å². The zero-order valence-electron chi connectivity index (χ0n) is 12.3. The van der Waals surface area contributed by atoms with Gasteiger partial charge in [-0.1, -0.05) is 60.0 Å². The number of hydrogen-bond donors (Lipinski definition) is 1. The second-order valence-electron chi connectivity index (χ2n) is 6.45. The third-order valence-corrected chi connectivity index (χ3v) is 6.36. The third-order valence-electron chi connectivity index (χ3n) is 5.15. The fourth-order valence-electron chi connectivity index (χ4n) is 3.89. The average Bonchev–Trinajstić information content (AvgIpc) is 3.09. The maximum absolute atomic E-state index is 3.98. The van der Waals surface area contributed by atoms with Crippen molar-refractivity contribution in [2.75, 3.05) is 0 Å². The Hall–Kier alpha value is -1.28. The summed E-state index contributed by atoms with van der Waals surface area (Å²) in [5.41, 5.74) is 3.88. The minimum atomic E-state index is 0.480. The van der Waals surface area contributed by atoms with E-state index >= 15 is 0 Å². The lowest BCUT2D eigenvalue weighted by atomic mass is 9.90. The molecule has 0 bridgehead atoms. The Balaban J connectivity index is 1.80. The summed E-state index contributed by atoms with van der Waals surface area (Å²) in [4.78, 5) is 3.99. The molecule has 1 aliphatic rings. The van der Waals surface area contributed by atoms with Crippen LogP contribution in [0.5, 0.6) is 0 Å². The van der Waals surface area contributed by atoms with E-state index in [1.54, 1.807) is 0 Å². The molecule has 3 unspecified atom stereocenters. The molecular formula is C19H20BrN. The van der Waals surface area contributed by atoms with Crippen LogP contribution in [0.2, 0.25) is 0 Å². The minimum Gasteiger partial charge on any atom is -0.355 e. The first-order valence-corrected chi connectivity index (χ1v) is 8.80. The van der Waals surface area contributed by atoms with Crippen LogP contribution >= 0.6 is 15.9 Å². The summed E-state index contributed by atoms with van der Waals surface area (Å²) in [6.45, 7) is 2.40. The second-order valence-corrected chi connectivity index (χ2v) is 7.44. The zero-order valence-corrected chi connectivity index (χ0v) is 13.9. The molecule has 1 aromatic heterocycles. The molecule has 0 amide bonds. The third kappa shape index (κ3) is 2.20. The fourth-order valence-corrected chi connectivity index (χ4v) is 4.96. The number of rotatable bonds is 2. The first-order valence-electron chi connectivity index (χ1n) is 7.88. The topological polar surface area (TPSA) is 15.8 Å². The normalized spacial score (nSPS) is 23.9. The largest absolute Gasteiger partial charge is 0.355 e. The molecule has 1 N–H and O–H groups in total. The van der Waals surface area contributed by atoms with Gasteiger partial charge in [-0.2, -0.15) is 0 Å². The lowest BCUT2D eigenvalue weighted by Gasteiger charge is -2.22. The molecule has 2 aromatic carbocycles. The van der Waals surface area contributed by atoms with Gasteiger partial charge in [0, 0.05) is 26.6 Å². The molecule has 3 atom stereocenters. The van der Waals surface area contributed by atoms with E-state index in [1.807, 2.05) is 0 Å². The second kappa shape index (κ2) is 5.17. The van der Waals surface area contributed by atoms with E-state index < -0.39 is 0 Å². The molecule has 1 aliphatic carbocycles. The van der Waals surface area contributed by atoms with Crippen molar-refractivity contribution in [3.05, 3.63) is 48.0 Å². The first-order chi connectivity index (χ1) is 10.2. The zero-order chi connectivity index (χ0) is 14.4. The number of hydrogen-bond acceptors (Lipinski definition) is 0. The van der Waals surface area contributed by atoms with Crippen LogP contribution in [-0.4, -0.2) is 4.98 Å². The summed E-state index contributed by atoms with van der Waals surface area (Å²) >= 11 is 3.98. The van der Waals surface area contributed by atoms with E-state index in [9.17, 15) is 0 Å². The first kappa shape index (κ1) is 13.4. The van der Waals surface area contributed by atoms with Gasteiger partial charge in [-0.25, -0.2) is 0 Å². The number of benzene rings is 2. The van der Waals surface area contributed by atoms with Gasteiger partial charge in [-0.05, 0) is 42.0 Å². The van der Waals surface area contributed by atoms with Gasteiger partial charge in [0.2, 0.25) is 0 Å². The Kier molecular flexibility index (Phi) is 3.30. The summed E-state index contributed by atoms with van der Waals surface area (Å²) < 4.78 is 0. The smallest absolute Gasteiger partial charge is 0.0465 e. The van der Waals surface area contributed by atoms with Crippen LogP contribution in [0.3, 0.4) is 0 Å². The molecule has 2 heteroatoms. The monoisotopic (exact) mass is 341 g/mol. The van der Waals surface area contributed by atoms with E-state index in [2.05, 4.69) is 70.3 Å². The van der Waals surface area contributed by atoms with Crippen LogP contribution in [0, 0.1) is 11.8 Å². The molecule has 21 heavy (non-hydrogen) atoms. The van der Waals surface area contributed by atoms with E-state index in [0.717, 1.165) is 11.8 Å². The van der Waals surface area contributed by atoms with Crippen LogP contribution in [0.1, 0.15) is 36.6 Å². The number of aromatic nitrogens is 1. The van der Waals surface area contributed by atoms with Crippen molar-refractivity contribution in [2.24, 2.45) is 11.8 Å². The van der Waals surface area contributed by atoms with Crippen LogP contribution in [-0.2, 0) is 0 Å². The summed E-state index contributed by atoms with van der Waals surface area (Å²) in [6.07, 6.45) is 4.11. The predicted octanol–water partition coefficient (Wildman–Crippen LogP) is 6.19. The van der Waals surface area contributed by atoms with Crippen molar-refractivity contribution in [3.8, 4) is 0 Å². The van der Waals surface area contributed by atoms with Gasteiger partial charge in [0.15, 0.2) is 0 Å². The van der Waals surface area contributed by atoms with E-state index in [4.69, 9.17) is 0 Å². The summed E-state index contributed by atoms with van der Waals surface area (Å²) in [5.74, 6) is 1.60. The Morgan fingerprint density at radius 2 is 1.86 bits per heavy atom. The van der Waals surface area contributed by atoms with E-state index in [1.165, 1.54) is 46.6 Å². The van der Waals surface area contributed by atoms with Crippen molar-refractivity contribution in [2.45, 2.75) is 31.0 Å². The highest BCUT2D eigenvalue weighted by Crippen LogP contribution is 2.45. The molecule has 1 nitrogen and oxygen atoms in total. The van der Waals surface area contributed by atoms with Crippen LogP contribution in [0.4, 0.5) is 0 Å². The van der Waals surface area contributed by atoms with Gasteiger partial charge >= 0.3 is 0 Å². The Bertz CT molecular complexity index is 788. The minimum absolute atomic E-state index is 0.480. The van der Waals surface area contributed by atoms with Gasteiger partial charge in [0.1, 0.15) is 0 Å². The molecule has 0 spiro atoms. The molecule has 0 aliphatic heterocycles. The SMILES string of the molecule is CC1CCCC1C(Br)c1ccc2[nH]c3ccccc3c2c1. The molecule has 1 fully saturated rings. The van der Waals surface area contributed by atoms with Crippen LogP contribution < -0.4 is 0 Å². The van der Waals surface area contributed by atoms with Crippen molar-refractivity contribution in [1.29, 1.82) is 0 Å². The highest BCUT2D eigenvalue weighted by Gasteiger charge is 2.30. The molecular weight excluding hydrogens is 322 g/mol. The van der Waals surface area contributed by atoms with Gasteiger partial charge < -0.3 is 4.98 Å². The van der Waals surface area contributed by atoms with Crippen molar-refractivity contribution in [3.63, 3.8) is 0 Å². The maximum Gasteiger partial charge on any atom is 0.0465 e. The summed E-state index contributed by atoms with van der Waals surface area (Å²) in [6, 6.07) is 15.5. The molecule has 3 aromatic rings. The number of H-pyrrole nitrogens is 1. The molecule has 1 heterocycles. The van der Waals surface area contributed by atoms with Crippen LogP contribution in [0.25, 0.3) is 21.8 Å². The van der Waals surface area contributed by atoms with E-state index in [-0.39, 0.29) is 0 Å². The number of aromatic amines is 1. The summed E-state index contributed by atoms with van der Waals surface area (Å²) in [5, 5.41) is 2.67. The number of fused-ring (bicyclic) bond motifs is 3. The molecule has 0 radical (unpaired) electrons. The van der Waals surface area contributed by atoms with Gasteiger partial charge in [-0.3, -0.25) is 0 Å². The maximum atomic E-state index is 3.98. The standard InChI is InChI=1S/C19H20BrN/c1-12-5-4-7-14(12)19(20)13-9-10-18-16(11-13)15-6-2-3-8-17(15)21-18/h2-3,6,8-12,14,19,21H,4-5,7H2,1H3. The van der Waals surface area contributed by atoms with Crippen molar-refractivity contribution in [1.82, 2.24) is 4.98 Å². The highest BCUT2D eigenvalue weighted by molar-refractivity contribution is 9.09. The van der Waals surface area contributed by atoms with Crippen molar-refractivity contribution < 1.29 is 0 Å². The van der Waals surface area contributed by atoms with Gasteiger partial charge in [-0.15, -0.1) is 0 Å². The Morgan fingerprint density at radius 1 is 1.05 bits per heavy atom.